The average Bonchev–Trinajstić information content (AvgIpc) is 3.43. The molecule has 1 saturated carbocycles. The number of benzene rings is 2. The van der Waals surface area contributed by atoms with Crippen LogP contribution in [0.2, 0.25) is 0 Å². The Morgan fingerprint density at radius 3 is 2.55 bits per heavy atom. The van der Waals surface area contributed by atoms with Gasteiger partial charge in [0.05, 0.1) is 6.61 Å². The third-order valence-electron chi connectivity index (χ3n) is 4.56. The van der Waals surface area contributed by atoms with Gasteiger partial charge in [-0.15, -0.1) is 24.0 Å². The number of anilines is 1. The lowest BCUT2D eigenvalue weighted by molar-refractivity contribution is 0.172. The third-order valence-corrected chi connectivity index (χ3v) is 4.56. The smallest absolute Gasteiger partial charge is 0.195 e. The molecule has 2 N–H and O–H groups in total. The molecule has 0 saturated heterocycles. The van der Waals surface area contributed by atoms with Crippen LogP contribution >= 0.6 is 24.0 Å². The molecule has 8 heteroatoms. The fourth-order valence-corrected chi connectivity index (χ4v) is 3.06. The molecule has 158 valence electrons. The van der Waals surface area contributed by atoms with Gasteiger partial charge in [-0.2, -0.15) is 0 Å². The summed E-state index contributed by atoms with van der Waals surface area (Å²) in [7, 11) is 3.32. The SMILES string of the molecule is CN=C(Nc1cccc(OCCCOC)c1)NC1CC1c1c(F)cccc1F.I. The first-order valence-electron chi connectivity index (χ1n) is 9.28. The monoisotopic (exact) mass is 517 g/mol. The standard InChI is InChI=1S/C21H25F2N3O2.HI/c1-24-21(25-14-6-3-7-15(12-14)28-11-5-10-27-2)26-19-13-16(19)20-17(22)8-4-9-18(20)23;/h3-4,6-9,12,16,19H,5,10-11,13H2,1-2H3,(H2,24,25,26);1H. The second-order valence-electron chi connectivity index (χ2n) is 6.65. The lowest BCUT2D eigenvalue weighted by Crippen LogP contribution is -2.33. The van der Waals surface area contributed by atoms with E-state index >= 15 is 0 Å². The average molecular weight is 517 g/mol. The predicted molar refractivity (Wildman–Crippen MR) is 121 cm³/mol. The van der Waals surface area contributed by atoms with Gasteiger partial charge in [-0.05, 0) is 30.7 Å². The first kappa shape index (κ1) is 23.3. The van der Waals surface area contributed by atoms with Gasteiger partial charge in [-0.3, -0.25) is 4.99 Å². The van der Waals surface area contributed by atoms with Gasteiger partial charge in [0.15, 0.2) is 5.96 Å². The Kier molecular flexibility index (Phi) is 9.09. The zero-order valence-electron chi connectivity index (χ0n) is 16.5. The molecule has 0 bridgehead atoms. The van der Waals surface area contributed by atoms with Gasteiger partial charge in [0.1, 0.15) is 17.4 Å². The Balaban J connectivity index is 0.00000300. The summed E-state index contributed by atoms with van der Waals surface area (Å²) in [6.07, 6.45) is 1.47. The van der Waals surface area contributed by atoms with Gasteiger partial charge in [0, 0.05) is 56.5 Å². The zero-order chi connectivity index (χ0) is 19.9. The fourth-order valence-electron chi connectivity index (χ4n) is 3.06. The molecule has 1 aliphatic carbocycles. The van der Waals surface area contributed by atoms with E-state index in [1.807, 2.05) is 24.3 Å². The maximum absolute atomic E-state index is 13.9. The highest BCUT2D eigenvalue weighted by Gasteiger charge is 2.42. The van der Waals surface area contributed by atoms with Crippen LogP contribution in [-0.2, 0) is 4.74 Å². The third kappa shape index (κ3) is 6.53. The molecule has 5 nitrogen and oxygen atoms in total. The number of hydrogen-bond acceptors (Lipinski definition) is 3. The van der Waals surface area contributed by atoms with Crippen LogP contribution in [0.15, 0.2) is 47.5 Å². The molecule has 2 aromatic carbocycles. The molecule has 2 aromatic rings. The van der Waals surface area contributed by atoms with E-state index < -0.39 is 11.6 Å². The van der Waals surface area contributed by atoms with Crippen LogP contribution in [0.25, 0.3) is 0 Å². The van der Waals surface area contributed by atoms with Gasteiger partial charge in [0.25, 0.3) is 0 Å². The highest BCUT2D eigenvalue weighted by molar-refractivity contribution is 14.0. The second kappa shape index (κ2) is 11.3. The minimum atomic E-state index is -0.504. The number of hydrogen-bond donors (Lipinski definition) is 2. The second-order valence-corrected chi connectivity index (χ2v) is 6.65. The summed E-state index contributed by atoms with van der Waals surface area (Å²) in [5.74, 6) is 0.0800. The maximum Gasteiger partial charge on any atom is 0.195 e. The summed E-state index contributed by atoms with van der Waals surface area (Å²) in [4.78, 5) is 4.20. The van der Waals surface area contributed by atoms with Crippen LogP contribution in [0.5, 0.6) is 5.75 Å². The van der Waals surface area contributed by atoms with Gasteiger partial charge >= 0.3 is 0 Å². The highest BCUT2D eigenvalue weighted by atomic mass is 127. The van der Waals surface area contributed by atoms with Gasteiger partial charge in [-0.1, -0.05) is 12.1 Å². The summed E-state index contributed by atoms with van der Waals surface area (Å²) < 4.78 is 38.6. The van der Waals surface area contributed by atoms with Gasteiger partial charge in [0.2, 0.25) is 0 Å². The van der Waals surface area contributed by atoms with Crippen molar-refractivity contribution in [2.24, 2.45) is 4.99 Å². The number of halogens is 3. The van der Waals surface area contributed by atoms with E-state index in [4.69, 9.17) is 9.47 Å². The van der Waals surface area contributed by atoms with E-state index in [0.717, 1.165) is 17.9 Å². The molecule has 0 radical (unpaired) electrons. The van der Waals surface area contributed by atoms with Crippen molar-refractivity contribution in [2.45, 2.75) is 24.8 Å². The molecule has 2 atom stereocenters. The molecule has 29 heavy (non-hydrogen) atoms. The van der Waals surface area contributed by atoms with Crippen molar-refractivity contribution < 1.29 is 18.3 Å². The summed E-state index contributed by atoms with van der Waals surface area (Å²) in [6.45, 7) is 1.22. The van der Waals surface area contributed by atoms with Crippen LogP contribution in [0, 0.1) is 11.6 Å². The first-order chi connectivity index (χ1) is 13.6. The first-order valence-corrected chi connectivity index (χ1v) is 9.28. The van der Waals surface area contributed by atoms with E-state index in [1.165, 1.54) is 18.2 Å². The van der Waals surface area contributed by atoms with Crippen molar-refractivity contribution >= 4 is 35.6 Å². The molecule has 3 rings (SSSR count). The minimum absolute atomic E-state index is 0. The lowest BCUT2D eigenvalue weighted by atomic mass is 10.1. The Morgan fingerprint density at radius 2 is 1.86 bits per heavy atom. The predicted octanol–water partition coefficient (Wildman–Crippen LogP) is 4.54. The van der Waals surface area contributed by atoms with E-state index in [0.29, 0.717) is 25.6 Å². The summed E-state index contributed by atoms with van der Waals surface area (Å²) >= 11 is 0. The quantitative estimate of drug-likeness (QED) is 0.234. The highest BCUT2D eigenvalue weighted by Crippen LogP contribution is 2.43. The molecule has 0 spiro atoms. The summed E-state index contributed by atoms with van der Waals surface area (Å²) in [6, 6.07) is 11.4. The summed E-state index contributed by atoms with van der Waals surface area (Å²) in [5, 5.41) is 6.41. The number of ether oxygens (including phenoxy) is 2. The molecule has 0 amide bonds. The molecule has 0 heterocycles. The van der Waals surface area contributed by atoms with E-state index in [2.05, 4.69) is 15.6 Å². The van der Waals surface area contributed by atoms with Crippen molar-refractivity contribution in [1.82, 2.24) is 5.32 Å². The van der Waals surface area contributed by atoms with E-state index in [-0.39, 0.29) is 41.5 Å². The molecular weight excluding hydrogens is 491 g/mol. The van der Waals surface area contributed by atoms with Crippen molar-refractivity contribution in [2.75, 3.05) is 32.7 Å². The van der Waals surface area contributed by atoms with Gasteiger partial charge < -0.3 is 20.1 Å². The Labute approximate surface area is 186 Å². The number of guanidine groups is 1. The Morgan fingerprint density at radius 1 is 1.14 bits per heavy atom. The van der Waals surface area contributed by atoms with Crippen molar-refractivity contribution in [3.63, 3.8) is 0 Å². The van der Waals surface area contributed by atoms with Crippen LogP contribution in [-0.4, -0.2) is 39.4 Å². The molecule has 1 fully saturated rings. The van der Waals surface area contributed by atoms with Crippen LogP contribution in [0.4, 0.5) is 14.5 Å². The summed E-state index contributed by atoms with van der Waals surface area (Å²) in [5.41, 5.74) is 0.952. The largest absolute Gasteiger partial charge is 0.493 e. The van der Waals surface area contributed by atoms with E-state index in [9.17, 15) is 8.78 Å². The van der Waals surface area contributed by atoms with Crippen molar-refractivity contribution in [3.05, 3.63) is 59.7 Å². The fraction of sp³-hybridized carbons (Fsp3) is 0.381. The number of aliphatic imine (C=N–C) groups is 1. The zero-order valence-corrected chi connectivity index (χ0v) is 18.8. The molecular formula is C21H26F2IN3O2. The topological polar surface area (TPSA) is 54.9 Å². The van der Waals surface area contributed by atoms with E-state index in [1.54, 1.807) is 14.2 Å². The molecule has 0 aliphatic heterocycles. The van der Waals surface area contributed by atoms with Crippen LogP contribution in [0.3, 0.4) is 0 Å². The van der Waals surface area contributed by atoms with Crippen LogP contribution in [0.1, 0.15) is 24.3 Å². The van der Waals surface area contributed by atoms with Crippen molar-refractivity contribution in [1.29, 1.82) is 0 Å². The molecule has 1 aliphatic rings. The van der Waals surface area contributed by atoms with Gasteiger partial charge in [-0.25, -0.2) is 8.78 Å². The number of rotatable bonds is 8. The van der Waals surface area contributed by atoms with Crippen molar-refractivity contribution in [3.8, 4) is 5.75 Å². The lowest BCUT2D eigenvalue weighted by Gasteiger charge is -2.13. The molecule has 0 aromatic heterocycles. The normalized spacial score (nSPS) is 18.0. The Bertz CT molecular complexity index is 815. The maximum atomic E-state index is 13.9. The number of nitrogens with one attached hydrogen (secondary N) is 2. The molecule has 2 unspecified atom stereocenters. The number of methoxy groups -OCH3 is 1. The minimum Gasteiger partial charge on any atom is -0.493 e. The number of nitrogens with zero attached hydrogens (tertiary/aromatic N) is 1. The Hall–Kier alpha value is -1.94. The van der Waals surface area contributed by atoms with Crippen LogP contribution < -0.4 is 15.4 Å².